The Labute approximate surface area is 145 Å². The van der Waals surface area contributed by atoms with E-state index in [1.807, 2.05) is 36.4 Å². The fourth-order valence-electron chi connectivity index (χ4n) is 4.30. The van der Waals surface area contributed by atoms with Gasteiger partial charge in [-0.15, -0.1) is 0 Å². The van der Waals surface area contributed by atoms with Gasteiger partial charge in [-0.2, -0.15) is 0 Å². The van der Waals surface area contributed by atoms with Crippen molar-refractivity contribution in [1.29, 1.82) is 0 Å². The van der Waals surface area contributed by atoms with Gasteiger partial charge in [0.05, 0.1) is 31.6 Å². The van der Waals surface area contributed by atoms with Crippen molar-refractivity contribution in [3.63, 3.8) is 0 Å². The van der Waals surface area contributed by atoms with Gasteiger partial charge in [0.2, 0.25) is 11.8 Å². The Balaban J connectivity index is 1.44. The molecule has 1 aliphatic carbocycles. The fraction of sp³-hybridized carbons (Fsp3) is 0.474. The summed E-state index contributed by atoms with van der Waals surface area (Å²) in [6, 6.07) is 7.67. The molecule has 1 aromatic carbocycles. The highest BCUT2D eigenvalue weighted by molar-refractivity contribution is 6.03. The number of anilines is 1. The molecule has 2 amide bonds. The van der Waals surface area contributed by atoms with Crippen LogP contribution >= 0.6 is 0 Å². The highest BCUT2D eigenvalue weighted by Crippen LogP contribution is 2.52. The zero-order valence-electron chi connectivity index (χ0n) is 14.0. The standard InChI is InChI=1S/C19H20N2O4/c1-24-13-6-4-12(5-7-13)21-10-19-9-8-14(25-19)15(16(19)18(21)23)17(22)20-11-2-3-11/h4-9,11,14-16H,2-3,10H2,1H3,(H,20,22)/t14-,15-,16-,19+/m0/s1. The Kier molecular flexibility index (Phi) is 3.04. The lowest BCUT2D eigenvalue weighted by Crippen LogP contribution is -2.44. The Morgan fingerprint density at radius 3 is 2.76 bits per heavy atom. The Hall–Kier alpha value is -2.34. The third-order valence-electron chi connectivity index (χ3n) is 5.71. The van der Waals surface area contributed by atoms with Crippen LogP contribution in [0, 0.1) is 11.8 Å². The second-order valence-electron chi connectivity index (χ2n) is 7.31. The largest absolute Gasteiger partial charge is 0.497 e. The molecule has 25 heavy (non-hydrogen) atoms. The van der Waals surface area contributed by atoms with E-state index in [0.717, 1.165) is 24.3 Å². The maximum absolute atomic E-state index is 13.1. The first-order valence-electron chi connectivity index (χ1n) is 8.74. The van der Waals surface area contributed by atoms with Gasteiger partial charge in [0.1, 0.15) is 11.4 Å². The van der Waals surface area contributed by atoms with Gasteiger partial charge in [-0.05, 0) is 37.1 Å². The van der Waals surface area contributed by atoms with Crippen LogP contribution < -0.4 is 15.0 Å². The number of nitrogens with one attached hydrogen (secondary N) is 1. The number of fused-ring (bicyclic) bond motifs is 1. The average Bonchev–Trinajstić information content (AvgIpc) is 3.15. The Morgan fingerprint density at radius 1 is 1.32 bits per heavy atom. The summed E-state index contributed by atoms with van der Waals surface area (Å²) in [5.41, 5.74) is 0.129. The minimum absolute atomic E-state index is 0.0343. The molecule has 3 heterocycles. The summed E-state index contributed by atoms with van der Waals surface area (Å²) < 4.78 is 11.3. The van der Waals surface area contributed by atoms with Crippen LogP contribution in [-0.4, -0.2) is 43.2 Å². The van der Waals surface area contributed by atoms with E-state index < -0.39 is 17.4 Å². The van der Waals surface area contributed by atoms with E-state index in [2.05, 4.69) is 5.32 Å². The molecule has 1 N–H and O–H groups in total. The summed E-state index contributed by atoms with van der Waals surface area (Å²) in [5, 5.41) is 3.04. The molecule has 4 aliphatic rings. The number of hydrogen-bond donors (Lipinski definition) is 1. The highest BCUT2D eigenvalue weighted by Gasteiger charge is 2.67. The highest BCUT2D eigenvalue weighted by atomic mass is 16.5. The van der Waals surface area contributed by atoms with E-state index in [4.69, 9.17) is 9.47 Å². The molecule has 0 unspecified atom stereocenters. The molecule has 1 aromatic rings. The first kappa shape index (κ1) is 15.0. The number of methoxy groups -OCH3 is 1. The molecule has 6 heteroatoms. The number of benzene rings is 1. The van der Waals surface area contributed by atoms with E-state index in [1.54, 1.807) is 12.0 Å². The van der Waals surface area contributed by atoms with E-state index in [-0.39, 0.29) is 24.0 Å². The van der Waals surface area contributed by atoms with Crippen LogP contribution in [0.15, 0.2) is 36.4 Å². The molecule has 2 bridgehead atoms. The van der Waals surface area contributed by atoms with Crippen molar-refractivity contribution in [3.8, 4) is 5.75 Å². The van der Waals surface area contributed by atoms with Crippen LogP contribution in [0.2, 0.25) is 0 Å². The number of nitrogens with zero attached hydrogens (tertiary/aromatic N) is 1. The first-order valence-corrected chi connectivity index (χ1v) is 8.74. The van der Waals surface area contributed by atoms with Crippen molar-refractivity contribution in [2.24, 2.45) is 11.8 Å². The monoisotopic (exact) mass is 340 g/mol. The predicted molar refractivity (Wildman–Crippen MR) is 90.2 cm³/mol. The number of carbonyl (C=O) groups excluding carboxylic acids is 2. The van der Waals surface area contributed by atoms with Gasteiger partial charge in [-0.3, -0.25) is 9.59 Å². The Bertz CT molecular complexity index is 770. The molecule has 4 atom stereocenters. The molecule has 130 valence electrons. The van der Waals surface area contributed by atoms with Crippen LogP contribution in [0.3, 0.4) is 0 Å². The van der Waals surface area contributed by atoms with Crippen LogP contribution in [0.25, 0.3) is 0 Å². The molecular formula is C19H20N2O4. The van der Waals surface area contributed by atoms with Crippen LogP contribution in [0.4, 0.5) is 5.69 Å². The van der Waals surface area contributed by atoms with E-state index >= 15 is 0 Å². The number of amides is 2. The zero-order valence-corrected chi connectivity index (χ0v) is 14.0. The summed E-state index contributed by atoms with van der Waals surface area (Å²) >= 11 is 0. The van der Waals surface area contributed by atoms with Crippen LogP contribution in [0.5, 0.6) is 5.75 Å². The van der Waals surface area contributed by atoms with Gasteiger partial charge in [0.15, 0.2) is 0 Å². The summed E-state index contributed by atoms with van der Waals surface area (Å²) in [5.74, 6) is -0.209. The normalized spacial score (nSPS) is 35.2. The molecule has 1 saturated carbocycles. The average molecular weight is 340 g/mol. The molecule has 5 rings (SSSR count). The number of ether oxygens (including phenoxy) is 2. The van der Waals surface area contributed by atoms with Crippen molar-refractivity contribution in [1.82, 2.24) is 5.32 Å². The van der Waals surface area contributed by atoms with Crippen molar-refractivity contribution < 1.29 is 19.1 Å². The lowest BCUT2D eigenvalue weighted by Gasteiger charge is -2.23. The molecule has 2 saturated heterocycles. The van der Waals surface area contributed by atoms with Gasteiger partial charge in [0.25, 0.3) is 0 Å². The van der Waals surface area contributed by atoms with Gasteiger partial charge >= 0.3 is 0 Å². The maximum Gasteiger partial charge on any atom is 0.234 e. The van der Waals surface area contributed by atoms with Gasteiger partial charge < -0.3 is 19.7 Å². The summed E-state index contributed by atoms with van der Waals surface area (Å²) in [7, 11) is 1.61. The molecule has 3 fully saturated rings. The SMILES string of the molecule is COc1ccc(N2C[C@@]34C=C[C@H](O3)[C@H](C(=O)NC3CC3)[C@H]4C2=O)cc1. The predicted octanol–water partition coefficient (Wildman–Crippen LogP) is 1.26. The summed E-state index contributed by atoms with van der Waals surface area (Å²) in [4.78, 5) is 27.6. The fourth-order valence-corrected chi connectivity index (χ4v) is 4.30. The second kappa shape index (κ2) is 5.08. The van der Waals surface area contributed by atoms with Gasteiger partial charge in [-0.25, -0.2) is 0 Å². The Morgan fingerprint density at radius 2 is 2.08 bits per heavy atom. The molecule has 0 aromatic heterocycles. The quantitative estimate of drug-likeness (QED) is 0.838. The second-order valence-corrected chi connectivity index (χ2v) is 7.31. The molecule has 6 nitrogen and oxygen atoms in total. The molecular weight excluding hydrogens is 320 g/mol. The number of carbonyl (C=O) groups is 2. The minimum atomic E-state index is -0.673. The van der Waals surface area contributed by atoms with Crippen molar-refractivity contribution in [2.45, 2.75) is 30.6 Å². The van der Waals surface area contributed by atoms with E-state index in [1.165, 1.54) is 0 Å². The van der Waals surface area contributed by atoms with Crippen LogP contribution in [0.1, 0.15) is 12.8 Å². The van der Waals surface area contributed by atoms with Crippen molar-refractivity contribution in [3.05, 3.63) is 36.4 Å². The van der Waals surface area contributed by atoms with Crippen molar-refractivity contribution >= 4 is 17.5 Å². The first-order chi connectivity index (χ1) is 12.1. The third-order valence-corrected chi connectivity index (χ3v) is 5.71. The maximum atomic E-state index is 13.1. The summed E-state index contributed by atoms with van der Waals surface area (Å²) in [6.07, 6.45) is 5.69. The van der Waals surface area contributed by atoms with Gasteiger partial charge in [0, 0.05) is 11.7 Å². The number of rotatable bonds is 4. The number of hydrogen-bond acceptors (Lipinski definition) is 4. The lowest BCUT2D eigenvalue weighted by atomic mass is 9.77. The molecule has 1 spiro atoms. The summed E-state index contributed by atoms with van der Waals surface area (Å²) in [6.45, 7) is 0.447. The molecule has 3 aliphatic heterocycles. The van der Waals surface area contributed by atoms with Crippen molar-refractivity contribution in [2.75, 3.05) is 18.6 Å². The topological polar surface area (TPSA) is 67.9 Å². The third kappa shape index (κ3) is 2.13. The van der Waals surface area contributed by atoms with Crippen LogP contribution in [-0.2, 0) is 14.3 Å². The molecule has 0 radical (unpaired) electrons. The lowest BCUT2D eigenvalue weighted by molar-refractivity contribution is -0.132. The van der Waals surface area contributed by atoms with Gasteiger partial charge in [-0.1, -0.05) is 12.2 Å². The minimum Gasteiger partial charge on any atom is -0.497 e. The van der Waals surface area contributed by atoms with E-state index in [0.29, 0.717) is 6.54 Å². The van der Waals surface area contributed by atoms with E-state index in [9.17, 15) is 9.59 Å². The smallest absolute Gasteiger partial charge is 0.234 e. The zero-order chi connectivity index (χ0) is 17.2.